The quantitative estimate of drug-likeness (QED) is 0.341. The van der Waals surface area contributed by atoms with Gasteiger partial charge in [-0.3, -0.25) is 0 Å². The average Bonchev–Trinajstić information content (AvgIpc) is 1.97. The van der Waals surface area contributed by atoms with Gasteiger partial charge in [-0.15, -0.1) is 0 Å². The molecule has 0 saturated carbocycles. The molecule has 0 atom stereocenters. The van der Waals surface area contributed by atoms with E-state index >= 15 is 0 Å². The molecule has 0 heterocycles. The van der Waals surface area contributed by atoms with Crippen molar-refractivity contribution >= 4 is 12.2 Å². The molecule has 0 radical (unpaired) electrons. The van der Waals surface area contributed by atoms with E-state index < -0.39 is 0 Å². The van der Waals surface area contributed by atoms with Crippen LogP contribution in [0, 0.1) is 5.41 Å². The van der Waals surface area contributed by atoms with Gasteiger partial charge in [0.15, 0.2) is 0 Å². The van der Waals surface area contributed by atoms with E-state index in [9.17, 15) is 4.79 Å². The first-order chi connectivity index (χ1) is 4.91. The van der Waals surface area contributed by atoms with Gasteiger partial charge in [-0.25, -0.2) is 4.79 Å². The van der Waals surface area contributed by atoms with Gasteiger partial charge in [0.25, 0.3) is 0 Å². The fourth-order valence-corrected chi connectivity index (χ4v) is 0.729. The maximum Gasteiger partial charge on any atom is 0.120 e. The van der Waals surface area contributed by atoms with Crippen LogP contribution < -0.4 is 0 Å². The van der Waals surface area contributed by atoms with Gasteiger partial charge in [0.2, 0.25) is 0 Å². The molecule has 56 valence electrons. The number of rotatable bonds is 6. The Hall–Kier alpha value is -0.880. The normalized spacial score (nSPS) is 8.40. The summed E-state index contributed by atoms with van der Waals surface area (Å²) in [5.41, 5.74) is 0. The molecule has 0 aliphatic carbocycles. The Morgan fingerprint density at radius 1 is 1.20 bits per heavy atom. The van der Waals surface area contributed by atoms with Gasteiger partial charge in [-0.1, -0.05) is 6.42 Å². The lowest BCUT2D eigenvalue weighted by Gasteiger charge is -1.91. The highest BCUT2D eigenvalue weighted by Crippen LogP contribution is 2.00. The van der Waals surface area contributed by atoms with Gasteiger partial charge in [0.05, 0.1) is 0 Å². The lowest BCUT2D eigenvalue weighted by Crippen LogP contribution is -1.77. The summed E-state index contributed by atoms with van der Waals surface area (Å²) in [5.74, 6) is 1.74. The summed E-state index contributed by atoms with van der Waals surface area (Å²) in [6, 6.07) is 0. The summed E-state index contributed by atoms with van der Waals surface area (Å²) in [6.45, 7) is 0. The Bertz CT molecular complexity index is 125. The predicted octanol–water partition coefficient (Wildman–Crippen LogP) is 1.97. The summed E-state index contributed by atoms with van der Waals surface area (Å²) in [4.78, 5) is 9.68. The third-order valence-corrected chi connectivity index (χ3v) is 1.28. The van der Waals surface area contributed by atoms with Gasteiger partial charge in [-0.2, -0.15) is 0 Å². The second-order valence-corrected chi connectivity index (χ2v) is 2.16. The molecular weight excluding hydrogens is 126 g/mol. The van der Waals surface area contributed by atoms with Crippen LogP contribution in [0.1, 0.15) is 32.1 Å². The van der Waals surface area contributed by atoms with Crippen molar-refractivity contribution in [1.82, 2.24) is 0 Å². The largest absolute Gasteiger partial charge is 0.313 e. The van der Waals surface area contributed by atoms with Crippen molar-refractivity contribution in [3.63, 3.8) is 0 Å². The van der Waals surface area contributed by atoms with Crippen LogP contribution in [0.15, 0.2) is 6.08 Å². The third kappa shape index (κ3) is 7.12. The molecule has 0 aromatic rings. The zero-order valence-electron chi connectivity index (χ0n) is 6.10. The minimum Gasteiger partial charge on any atom is -0.313 e. The van der Waals surface area contributed by atoms with Crippen LogP contribution in [-0.2, 0) is 4.79 Å². The van der Waals surface area contributed by atoms with Crippen LogP contribution in [0.5, 0.6) is 0 Å². The van der Waals surface area contributed by atoms with Crippen molar-refractivity contribution in [3.8, 4) is 0 Å². The molecule has 0 amide bonds. The number of nitrogens with one attached hydrogen (secondary N) is 1. The average molecular weight is 139 g/mol. The second-order valence-electron chi connectivity index (χ2n) is 2.16. The molecule has 0 unspecified atom stereocenters. The van der Waals surface area contributed by atoms with Gasteiger partial charge in [0, 0.05) is 0 Å². The highest BCUT2D eigenvalue weighted by Gasteiger charge is 1.84. The molecule has 0 aromatic heterocycles. The van der Waals surface area contributed by atoms with Crippen LogP contribution in [0.25, 0.3) is 0 Å². The van der Waals surface area contributed by atoms with Crippen molar-refractivity contribution in [2.45, 2.75) is 32.1 Å². The van der Waals surface area contributed by atoms with Crippen LogP contribution in [0.2, 0.25) is 0 Å². The molecule has 0 fully saturated rings. The summed E-state index contributed by atoms with van der Waals surface area (Å²) in [6.07, 6.45) is 7.86. The number of hydrogen-bond acceptors (Lipinski definition) is 2. The van der Waals surface area contributed by atoms with Gasteiger partial charge in [0.1, 0.15) is 5.94 Å². The summed E-state index contributed by atoms with van der Waals surface area (Å²) in [7, 11) is 0. The van der Waals surface area contributed by atoms with E-state index in [1.807, 2.05) is 0 Å². The lowest BCUT2D eigenvalue weighted by atomic mass is 10.1. The van der Waals surface area contributed by atoms with Crippen molar-refractivity contribution in [2.24, 2.45) is 0 Å². The van der Waals surface area contributed by atoms with Crippen molar-refractivity contribution in [3.05, 3.63) is 6.08 Å². The fraction of sp³-hybridized carbons (Fsp3) is 0.625. The zero-order valence-corrected chi connectivity index (χ0v) is 6.10. The summed E-state index contributed by atoms with van der Waals surface area (Å²) >= 11 is 0. The van der Waals surface area contributed by atoms with E-state index in [0.29, 0.717) is 0 Å². The molecule has 2 heteroatoms. The van der Waals surface area contributed by atoms with E-state index in [1.54, 1.807) is 5.94 Å². The summed E-state index contributed by atoms with van der Waals surface area (Å²) in [5, 5.41) is 6.72. The van der Waals surface area contributed by atoms with E-state index in [0.717, 1.165) is 32.1 Å². The molecular formula is C8H13NO. The third-order valence-electron chi connectivity index (χ3n) is 1.28. The summed E-state index contributed by atoms with van der Waals surface area (Å²) < 4.78 is 0. The Morgan fingerprint density at radius 3 is 2.50 bits per heavy atom. The van der Waals surface area contributed by atoms with Gasteiger partial charge >= 0.3 is 0 Å². The van der Waals surface area contributed by atoms with E-state index in [1.165, 1.54) is 12.3 Å². The predicted molar refractivity (Wildman–Crippen MR) is 42.1 cm³/mol. The maximum absolute atomic E-state index is 9.68. The molecule has 2 nitrogen and oxygen atoms in total. The molecule has 10 heavy (non-hydrogen) atoms. The lowest BCUT2D eigenvalue weighted by molar-refractivity contribution is 0.567. The highest BCUT2D eigenvalue weighted by atomic mass is 16.1. The topological polar surface area (TPSA) is 40.9 Å². The first-order valence-corrected chi connectivity index (χ1v) is 3.60. The monoisotopic (exact) mass is 139 g/mol. The standard InChI is InChI=1S/C8H13NO/c9-7-5-3-1-2-4-6-8-10/h6-7,9H,1-5H2. The van der Waals surface area contributed by atoms with Gasteiger partial charge in [-0.05, 0) is 38.0 Å². The van der Waals surface area contributed by atoms with Crippen molar-refractivity contribution < 1.29 is 4.79 Å². The fourth-order valence-electron chi connectivity index (χ4n) is 0.729. The number of carbonyl (C=O) groups excluding carboxylic acids is 1. The number of allylic oxidation sites excluding steroid dienone is 1. The Kier molecular flexibility index (Phi) is 7.41. The molecule has 0 bridgehead atoms. The SMILES string of the molecule is N=CCCCCCC=C=O. The molecule has 0 aromatic carbocycles. The molecule has 0 aliphatic heterocycles. The Balaban J connectivity index is 2.90. The second kappa shape index (κ2) is 8.12. The zero-order chi connectivity index (χ0) is 7.66. The molecule has 0 rings (SSSR count). The minimum absolute atomic E-state index is 0.835. The first kappa shape index (κ1) is 9.12. The molecule has 0 saturated heterocycles. The smallest absolute Gasteiger partial charge is 0.120 e. The minimum atomic E-state index is 0.835. The molecule has 1 N–H and O–H groups in total. The maximum atomic E-state index is 9.68. The first-order valence-electron chi connectivity index (χ1n) is 3.60. The Morgan fingerprint density at radius 2 is 1.90 bits per heavy atom. The molecule has 0 spiro atoms. The van der Waals surface area contributed by atoms with Crippen molar-refractivity contribution in [2.75, 3.05) is 0 Å². The number of unbranched alkanes of at least 4 members (excludes halogenated alkanes) is 4. The van der Waals surface area contributed by atoms with E-state index in [2.05, 4.69) is 0 Å². The molecule has 0 aliphatic rings. The number of hydrogen-bond donors (Lipinski definition) is 1. The van der Waals surface area contributed by atoms with Crippen LogP contribution >= 0.6 is 0 Å². The van der Waals surface area contributed by atoms with Gasteiger partial charge < -0.3 is 5.41 Å². The van der Waals surface area contributed by atoms with Crippen LogP contribution in [0.4, 0.5) is 0 Å². The van der Waals surface area contributed by atoms with Crippen LogP contribution in [-0.4, -0.2) is 12.2 Å². The van der Waals surface area contributed by atoms with E-state index in [4.69, 9.17) is 5.41 Å². The van der Waals surface area contributed by atoms with Crippen molar-refractivity contribution in [1.29, 1.82) is 5.41 Å². The highest BCUT2D eigenvalue weighted by molar-refractivity contribution is 5.52. The Labute approximate surface area is 61.5 Å². The van der Waals surface area contributed by atoms with E-state index in [-0.39, 0.29) is 0 Å². The van der Waals surface area contributed by atoms with Crippen LogP contribution in [0.3, 0.4) is 0 Å².